The number of sulfonamides is 2. The average Bonchev–Trinajstić information content (AvgIpc) is 2.33. The molecule has 0 fully saturated rings. The molecule has 1 aromatic rings. The van der Waals surface area contributed by atoms with Gasteiger partial charge in [-0.05, 0) is 12.1 Å². The fraction of sp³-hybridized carbons (Fsp3) is 0.300. The van der Waals surface area contributed by atoms with Crippen molar-refractivity contribution in [2.24, 2.45) is 0 Å². The summed E-state index contributed by atoms with van der Waals surface area (Å²) in [4.78, 5) is -0.487. The molecular formula is C10H12FN3O4S2. The smallest absolute Gasteiger partial charge is 0.214 e. The normalized spacial score (nSPS) is 12.1. The molecule has 110 valence electrons. The first-order valence-electron chi connectivity index (χ1n) is 5.30. The van der Waals surface area contributed by atoms with Crippen molar-refractivity contribution in [2.75, 3.05) is 19.3 Å². The first kappa shape index (κ1) is 16.5. The lowest BCUT2D eigenvalue weighted by Gasteiger charge is -2.08. The number of nitrogens with zero attached hydrogens (tertiary/aromatic N) is 1. The Bertz CT molecular complexity index is 738. The summed E-state index contributed by atoms with van der Waals surface area (Å²) in [5, 5.41) is 8.77. The highest BCUT2D eigenvalue weighted by Crippen LogP contribution is 2.17. The van der Waals surface area contributed by atoms with E-state index in [0.717, 1.165) is 18.4 Å². The molecule has 0 amide bonds. The van der Waals surface area contributed by atoms with Crippen molar-refractivity contribution < 1.29 is 21.2 Å². The maximum absolute atomic E-state index is 13.3. The Morgan fingerprint density at radius 1 is 1.20 bits per heavy atom. The van der Waals surface area contributed by atoms with Gasteiger partial charge in [-0.15, -0.1) is 0 Å². The summed E-state index contributed by atoms with van der Waals surface area (Å²) in [6.45, 7) is -0.383. The van der Waals surface area contributed by atoms with Gasteiger partial charge in [-0.1, -0.05) is 6.07 Å². The molecule has 0 atom stereocenters. The lowest BCUT2D eigenvalue weighted by molar-refractivity contribution is 0.570. The van der Waals surface area contributed by atoms with Gasteiger partial charge in [0.1, 0.15) is 22.3 Å². The summed E-state index contributed by atoms with van der Waals surface area (Å²) < 4.78 is 62.8. The summed E-state index contributed by atoms with van der Waals surface area (Å²) in [7, 11) is -7.51. The van der Waals surface area contributed by atoms with Gasteiger partial charge in [-0.25, -0.2) is 30.7 Å². The predicted octanol–water partition coefficient (Wildman–Crippen LogP) is -0.475. The van der Waals surface area contributed by atoms with E-state index in [1.54, 1.807) is 0 Å². The number of benzene rings is 1. The van der Waals surface area contributed by atoms with Crippen molar-refractivity contribution in [1.29, 1.82) is 5.26 Å². The van der Waals surface area contributed by atoms with Crippen LogP contribution in [0.4, 0.5) is 4.39 Å². The average molecular weight is 321 g/mol. The van der Waals surface area contributed by atoms with Crippen molar-refractivity contribution in [2.45, 2.75) is 4.90 Å². The first-order valence-corrected chi connectivity index (χ1v) is 8.68. The Hall–Kier alpha value is -1.54. The molecule has 0 unspecified atom stereocenters. The zero-order valence-electron chi connectivity index (χ0n) is 10.4. The van der Waals surface area contributed by atoms with Crippen LogP contribution in [-0.4, -0.2) is 36.2 Å². The third-order valence-electron chi connectivity index (χ3n) is 2.16. The summed E-state index contributed by atoms with van der Waals surface area (Å²) in [6, 6.07) is 4.71. The van der Waals surface area contributed by atoms with Crippen LogP contribution >= 0.6 is 0 Å². The molecule has 1 aromatic carbocycles. The molecule has 0 aliphatic rings. The minimum absolute atomic E-state index is 0.157. The Balaban J connectivity index is 2.86. The summed E-state index contributed by atoms with van der Waals surface area (Å²) in [6.07, 6.45) is 0.932. The van der Waals surface area contributed by atoms with Crippen molar-refractivity contribution in [3.05, 3.63) is 29.6 Å². The van der Waals surface area contributed by atoms with Gasteiger partial charge in [-0.2, -0.15) is 5.26 Å². The van der Waals surface area contributed by atoms with Gasteiger partial charge in [0.2, 0.25) is 20.0 Å². The second kappa shape index (κ2) is 6.27. The number of nitriles is 1. The van der Waals surface area contributed by atoms with Crippen LogP contribution in [0.15, 0.2) is 23.1 Å². The Kier molecular flexibility index (Phi) is 5.18. The standard InChI is InChI=1S/C10H12FN3O4S2/c1-19(15,16)13-5-6-14-20(17,18)10-4-2-3-9(11)8(10)7-12/h2-4,13-14H,5-6H2,1H3. The van der Waals surface area contributed by atoms with Gasteiger partial charge in [0.15, 0.2) is 0 Å². The SMILES string of the molecule is CS(=O)(=O)NCCNS(=O)(=O)c1cccc(F)c1C#N. The summed E-state index contributed by atoms with van der Waals surface area (Å²) >= 11 is 0. The third-order valence-corrected chi connectivity index (χ3v) is 4.39. The summed E-state index contributed by atoms with van der Waals surface area (Å²) in [5.41, 5.74) is -0.587. The minimum Gasteiger partial charge on any atom is -0.214 e. The molecule has 0 spiro atoms. The number of halogens is 1. The largest absolute Gasteiger partial charge is 0.242 e. The van der Waals surface area contributed by atoms with Gasteiger partial charge in [0, 0.05) is 13.1 Å². The van der Waals surface area contributed by atoms with E-state index in [-0.39, 0.29) is 13.1 Å². The van der Waals surface area contributed by atoms with Gasteiger partial charge >= 0.3 is 0 Å². The van der Waals surface area contributed by atoms with E-state index in [9.17, 15) is 21.2 Å². The highest BCUT2D eigenvalue weighted by atomic mass is 32.2. The minimum atomic E-state index is -4.09. The lowest BCUT2D eigenvalue weighted by atomic mass is 10.2. The van der Waals surface area contributed by atoms with Crippen molar-refractivity contribution in [3.8, 4) is 6.07 Å². The zero-order chi connectivity index (χ0) is 15.4. The number of hydrogen-bond acceptors (Lipinski definition) is 5. The van der Waals surface area contributed by atoms with Crippen molar-refractivity contribution >= 4 is 20.0 Å². The quantitative estimate of drug-likeness (QED) is 0.687. The molecule has 10 heteroatoms. The highest BCUT2D eigenvalue weighted by molar-refractivity contribution is 7.89. The van der Waals surface area contributed by atoms with Crippen LogP contribution in [0.25, 0.3) is 0 Å². The molecule has 0 aliphatic carbocycles. The molecule has 20 heavy (non-hydrogen) atoms. The molecule has 0 saturated carbocycles. The maximum Gasteiger partial charge on any atom is 0.242 e. The van der Waals surface area contributed by atoms with Crippen molar-refractivity contribution in [3.63, 3.8) is 0 Å². The predicted molar refractivity (Wildman–Crippen MR) is 69.2 cm³/mol. The van der Waals surface area contributed by atoms with Crippen LogP contribution in [0.3, 0.4) is 0 Å². The Morgan fingerprint density at radius 3 is 2.35 bits per heavy atom. The van der Waals surface area contributed by atoms with E-state index in [2.05, 4.69) is 9.44 Å². The van der Waals surface area contributed by atoms with Crippen LogP contribution in [-0.2, 0) is 20.0 Å². The van der Waals surface area contributed by atoms with Gasteiger partial charge in [0.25, 0.3) is 0 Å². The lowest BCUT2D eigenvalue weighted by Crippen LogP contribution is -2.34. The van der Waals surface area contributed by atoms with Gasteiger partial charge in [0.05, 0.1) is 6.26 Å². The molecule has 0 heterocycles. The molecule has 0 aromatic heterocycles. The van der Waals surface area contributed by atoms with Crippen LogP contribution < -0.4 is 9.44 Å². The molecular weight excluding hydrogens is 309 g/mol. The molecule has 7 nitrogen and oxygen atoms in total. The topological polar surface area (TPSA) is 116 Å². The van der Waals surface area contributed by atoms with E-state index in [1.165, 1.54) is 12.1 Å². The van der Waals surface area contributed by atoms with E-state index in [4.69, 9.17) is 5.26 Å². The fourth-order valence-corrected chi connectivity index (χ4v) is 3.01. The van der Waals surface area contributed by atoms with E-state index in [0.29, 0.717) is 0 Å². The van der Waals surface area contributed by atoms with E-state index in [1.807, 2.05) is 0 Å². The molecule has 0 bridgehead atoms. The molecule has 0 aliphatic heterocycles. The first-order chi connectivity index (χ1) is 9.17. The van der Waals surface area contributed by atoms with Gasteiger partial charge in [-0.3, -0.25) is 0 Å². The zero-order valence-corrected chi connectivity index (χ0v) is 12.1. The molecule has 1 rings (SSSR count). The highest BCUT2D eigenvalue weighted by Gasteiger charge is 2.20. The fourth-order valence-electron chi connectivity index (χ4n) is 1.34. The number of nitrogens with one attached hydrogen (secondary N) is 2. The maximum atomic E-state index is 13.3. The number of rotatable bonds is 6. The van der Waals surface area contributed by atoms with Crippen LogP contribution in [0, 0.1) is 17.1 Å². The molecule has 0 radical (unpaired) electrons. The third kappa shape index (κ3) is 4.53. The van der Waals surface area contributed by atoms with E-state index < -0.39 is 36.3 Å². The van der Waals surface area contributed by atoms with E-state index >= 15 is 0 Å². The Labute approximate surface area is 116 Å². The van der Waals surface area contributed by atoms with Crippen LogP contribution in [0.5, 0.6) is 0 Å². The Morgan fingerprint density at radius 2 is 1.80 bits per heavy atom. The summed E-state index contributed by atoms with van der Waals surface area (Å²) in [5.74, 6) is -0.940. The van der Waals surface area contributed by atoms with Crippen LogP contribution in [0.1, 0.15) is 5.56 Å². The van der Waals surface area contributed by atoms with Crippen molar-refractivity contribution in [1.82, 2.24) is 9.44 Å². The second-order valence-corrected chi connectivity index (χ2v) is 7.36. The van der Waals surface area contributed by atoms with Crippen LogP contribution in [0.2, 0.25) is 0 Å². The molecule has 0 saturated heterocycles. The monoisotopic (exact) mass is 321 g/mol. The second-order valence-electron chi connectivity index (χ2n) is 3.79. The number of hydrogen-bond donors (Lipinski definition) is 2. The molecule has 2 N–H and O–H groups in total. The van der Waals surface area contributed by atoms with Gasteiger partial charge < -0.3 is 0 Å².